The van der Waals surface area contributed by atoms with E-state index < -0.39 is 12.1 Å². The summed E-state index contributed by atoms with van der Waals surface area (Å²) in [5, 5.41) is 6.41. The van der Waals surface area contributed by atoms with E-state index in [1.165, 1.54) is 11.9 Å². The van der Waals surface area contributed by atoms with Gasteiger partial charge in [0.1, 0.15) is 5.92 Å². The van der Waals surface area contributed by atoms with Crippen LogP contribution in [-0.4, -0.2) is 65.1 Å². The molecule has 2 saturated heterocycles. The van der Waals surface area contributed by atoms with Gasteiger partial charge < -0.3 is 27.8 Å². The zero-order valence-electron chi connectivity index (χ0n) is 19.6. The van der Waals surface area contributed by atoms with E-state index in [4.69, 9.17) is 17.2 Å². The molecule has 0 aliphatic carbocycles. The average molecular weight is 471 g/mol. The maximum Gasteiger partial charge on any atom is 0.233 e. The Hall–Kier alpha value is -1.00. The Labute approximate surface area is 195 Å². The standard InChI is InChI=1S/C22H40FN7OS/c1-4-8-22-9-5-6-14(23)12-30(22)16(11-22)18(19(25)26)20(31)28-21-17(13(2)29-32-21)15(27-3)7-10-24/h13,15-19,21,27,29H,4-11,24-26H2,1-3H3/p+1. The number of hydrogen-bond donors (Lipinski definition) is 6. The summed E-state index contributed by atoms with van der Waals surface area (Å²) in [5.74, 6) is 2.04. The van der Waals surface area contributed by atoms with Crippen LogP contribution in [0.5, 0.6) is 0 Å². The van der Waals surface area contributed by atoms with Crippen molar-refractivity contribution in [2.24, 2.45) is 29.0 Å². The van der Waals surface area contributed by atoms with Crippen molar-refractivity contribution in [3.63, 3.8) is 0 Å². The number of nitrogens with one attached hydrogen (secondary N) is 3. The molecule has 32 heavy (non-hydrogen) atoms. The van der Waals surface area contributed by atoms with Crippen molar-refractivity contribution >= 4 is 23.7 Å². The molecule has 0 spiro atoms. The molecular weight excluding hydrogens is 429 g/mol. The van der Waals surface area contributed by atoms with Crippen molar-refractivity contribution in [2.45, 2.75) is 94.0 Å². The van der Waals surface area contributed by atoms with E-state index in [0.29, 0.717) is 13.0 Å². The minimum Gasteiger partial charge on any atom is -0.342 e. The number of allylic oxidation sites excluding steroid dienone is 1. The van der Waals surface area contributed by atoms with Crippen LogP contribution in [0.4, 0.5) is 4.39 Å². The molecule has 182 valence electrons. The summed E-state index contributed by atoms with van der Waals surface area (Å²) in [5.41, 5.74) is 18.0. The molecule has 0 aromatic heterocycles. The Kier molecular flexibility index (Phi) is 8.77. The van der Waals surface area contributed by atoms with E-state index in [1.54, 1.807) is 0 Å². The first-order valence-electron chi connectivity index (χ1n) is 11.9. The quantitative estimate of drug-likeness (QED) is 0.156. The monoisotopic (exact) mass is 470 g/mol. The van der Waals surface area contributed by atoms with Crippen LogP contribution >= 0.6 is 11.9 Å². The highest BCUT2D eigenvalue weighted by Crippen LogP contribution is 2.44. The van der Waals surface area contributed by atoms with Crippen molar-refractivity contribution in [1.29, 1.82) is 0 Å². The van der Waals surface area contributed by atoms with Gasteiger partial charge in [-0.25, -0.2) is 0 Å². The number of fused-ring (bicyclic) bond motifs is 1. The van der Waals surface area contributed by atoms with Crippen molar-refractivity contribution in [3.8, 4) is 0 Å². The lowest BCUT2D eigenvalue weighted by atomic mass is 9.69. The Balaban J connectivity index is 1.80. The highest BCUT2D eigenvalue weighted by molar-refractivity contribution is 7.98. The van der Waals surface area contributed by atoms with Gasteiger partial charge in [-0.05, 0) is 39.8 Å². The maximum atomic E-state index is 14.3. The van der Waals surface area contributed by atoms with Gasteiger partial charge in [-0.1, -0.05) is 18.9 Å². The number of carbonyl (C=O) groups is 1. The molecule has 7 unspecified atom stereocenters. The molecule has 0 bridgehead atoms. The smallest absolute Gasteiger partial charge is 0.233 e. The van der Waals surface area contributed by atoms with E-state index >= 15 is 0 Å². The first kappa shape index (κ1) is 25.6. The third-order valence-corrected chi connectivity index (χ3v) is 8.66. The van der Waals surface area contributed by atoms with Crippen molar-refractivity contribution in [1.82, 2.24) is 15.4 Å². The van der Waals surface area contributed by atoms with E-state index in [0.717, 1.165) is 38.5 Å². The predicted octanol–water partition coefficient (Wildman–Crippen LogP) is 0.512. The molecule has 3 aliphatic heterocycles. The van der Waals surface area contributed by atoms with Crippen LogP contribution in [0.1, 0.15) is 58.8 Å². The molecule has 3 aliphatic rings. The topological polar surface area (TPSA) is 134 Å². The lowest BCUT2D eigenvalue weighted by molar-refractivity contribution is -0.709. The molecule has 7 atom stereocenters. The molecule has 1 amide bonds. The highest BCUT2D eigenvalue weighted by Gasteiger charge is 2.62. The number of rotatable bonds is 10. The number of nitrogens with zero attached hydrogens (tertiary/aromatic N) is 1. The average Bonchev–Trinajstić information content (AvgIpc) is 3.03. The van der Waals surface area contributed by atoms with Crippen LogP contribution < -0.4 is 32.6 Å². The van der Waals surface area contributed by atoms with Crippen LogP contribution in [0.15, 0.2) is 5.83 Å². The van der Waals surface area contributed by atoms with Crippen molar-refractivity contribution < 1.29 is 13.8 Å². The van der Waals surface area contributed by atoms with Crippen molar-refractivity contribution in [2.75, 3.05) is 13.6 Å². The summed E-state index contributed by atoms with van der Waals surface area (Å²) in [6, 6.07) is 0.130. The summed E-state index contributed by atoms with van der Waals surface area (Å²) in [4.78, 5) is 13.5. The van der Waals surface area contributed by atoms with Crippen LogP contribution in [0.25, 0.3) is 0 Å². The van der Waals surface area contributed by atoms with Crippen LogP contribution in [-0.2, 0) is 4.79 Å². The maximum absolute atomic E-state index is 14.3. The number of hydrogen-bond acceptors (Lipinski definition) is 7. The van der Waals surface area contributed by atoms with Crippen LogP contribution in [0.3, 0.4) is 0 Å². The number of halogens is 1. The van der Waals surface area contributed by atoms with Gasteiger partial charge in [0.05, 0.1) is 18.0 Å². The minimum atomic E-state index is -0.841. The lowest BCUT2D eigenvalue weighted by Crippen LogP contribution is -2.68. The third-order valence-electron chi connectivity index (χ3n) is 7.46. The second kappa shape index (κ2) is 11.0. The Morgan fingerprint density at radius 3 is 2.84 bits per heavy atom. The molecule has 0 aromatic rings. The van der Waals surface area contributed by atoms with Crippen LogP contribution in [0.2, 0.25) is 0 Å². The van der Waals surface area contributed by atoms with E-state index in [-0.39, 0.29) is 46.7 Å². The summed E-state index contributed by atoms with van der Waals surface area (Å²) in [6.07, 6.45) is 4.79. The normalized spacial score (nSPS) is 34.1. The Bertz CT molecular complexity index is 740. The molecule has 3 rings (SSSR count). The Morgan fingerprint density at radius 1 is 1.47 bits per heavy atom. The minimum absolute atomic E-state index is 0.136. The number of amides is 1. The van der Waals surface area contributed by atoms with Crippen LogP contribution in [0, 0.1) is 11.8 Å². The fourth-order valence-corrected chi connectivity index (χ4v) is 7.21. The summed E-state index contributed by atoms with van der Waals surface area (Å²) in [7, 11) is 1.92. The summed E-state index contributed by atoms with van der Waals surface area (Å²) < 4.78 is 19.7. The van der Waals surface area contributed by atoms with Gasteiger partial charge in [-0.3, -0.25) is 9.52 Å². The number of nitrogens with two attached hydrogens (primary N) is 3. The molecule has 0 aromatic carbocycles. The van der Waals surface area contributed by atoms with Gasteiger partial charge in [0, 0.05) is 37.3 Å². The van der Waals surface area contributed by atoms with Gasteiger partial charge in [-0.2, -0.15) is 8.97 Å². The molecular formula is C22H41FN7OS+. The van der Waals surface area contributed by atoms with E-state index in [9.17, 15) is 9.18 Å². The molecule has 3 heterocycles. The highest BCUT2D eigenvalue weighted by atomic mass is 32.2. The van der Waals surface area contributed by atoms with Gasteiger partial charge in [-0.15, -0.1) is 0 Å². The SMILES string of the molecule is CCCC12CCCC(F)=C=[N+]1C(C(C(=O)NC1SNC(C)C1C(CCN)NC)C(N)N)C2. The molecule has 2 fully saturated rings. The van der Waals surface area contributed by atoms with Crippen molar-refractivity contribution in [3.05, 3.63) is 5.83 Å². The molecule has 0 saturated carbocycles. The van der Waals surface area contributed by atoms with Gasteiger partial charge >= 0.3 is 0 Å². The first-order valence-corrected chi connectivity index (χ1v) is 12.8. The number of carbonyl (C=O) groups excluding carboxylic acids is 1. The second-order valence-electron chi connectivity index (χ2n) is 9.59. The Morgan fingerprint density at radius 2 is 2.22 bits per heavy atom. The molecule has 9 N–H and O–H groups in total. The van der Waals surface area contributed by atoms with E-state index in [1.807, 2.05) is 11.6 Å². The zero-order valence-corrected chi connectivity index (χ0v) is 20.4. The third kappa shape index (κ3) is 5.06. The fourth-order valence-electron chi connectivity index (χ4n) is 5.94. The molecule has 8 nitrogen and oxygen atoms in total. The first-order chi connectivity index (χ1) is 15.3. The fraction of sp³-hybridized carbons (Fsp3) is 0.864. The predicted molar refractivity (Wildman–Crippen MR) is 128 cm³/mol. The summed E-state index contributed by atoms with van der Waals surface area (Å²) >= 11 is 1.52. The summed E-state index contributed by atoms with van der Waals surface area (Å²) in [6.45, 7) is 4.82. The lowest BCUT2D eigenvalue weighted by Gasteiger charge is -2.45. The molecule has 10 heteroatoms. The zero-order chi connectivity index (χ0) is 23.5. The largest absolute Gasteiger partial charge is 0.342 e. The molecule has 0 radical (unpaired) electrons. The second-order valence-corrected chi connectivity index (χ2v) is 10.6. The van der Waals surface area contributed by atoms with Gasteiger partial charge in [0.2, 0.25) is 17.6 Å². The van der Waals surface area contributed by atoms with E-state index in [2.05, 4.69) is 35.1 Å². The van der Waals surface area contributed by atoms with Gasteiger partial charge in [0.15, 0.2) is 11.6 Å². The van der Waals surface area contributed by atoms with Gasteiger partial charge in [0.25, 0.3) is 0 Å².